The van der Waals surface area contributed by atoms with Crippen LogP contribution in [0, 0.1) is 0 Å². The van der Waals surface area contributed by atoms with Gasteiger partial charge in [0.25, 0.3) is 0 Å². The maximum Gasteiger partial charge on any atom is 0.228 e. The number of aromatic nitrogens is 2. The van der Waals surface area contributed by atoms with Gasteiger partial charge in [0.15, 0.2) is 5.82 Å². The normalized spacial score (nSPS) is 17.4. The van der Waals surface area contributed by atoms with Crippen LogP contribution in [0.25, 0.3) is 0 Å². The van der Waals surface area contributed by atoms with E-state index >= 15 is 0 Å². The number of hydrogen-bond donors (Lipinski definition) is 1. The molecular weight excluding hydrogens is 226 g/mol. The average molecular weight is 243 g/mol. The van der Waals surface area contributed by atoms with Crippen molar-refractivity contribution in [3.05, 3.63) is 47.6 Å². The lowest BCUT2D eigenvalue weighted by Gasteiger charge is -2.36. The van der Waals surface area contributed by atoms with E-state index in [0.29, 0.717) is 18.7 Å². The number of nitrogens with zero attached hydrogens (tertiary/aromatic N) is 2. The highest BCUT2D eigenvalue weighted by Crippen LogP contribution is 2.31. The second-order valence-corrected chi connectivity index (χ2v) is 5.16. The van der Waals surface area contributed by atoms with Gasteiger partial charge in [-0.05, 0) is 24.8 Å². The third kappa shape index (κ3) is 2.43. The van der Waals surface area contributed by atoms with Crippen LogP contribution < -0.4 is 5.73 Å². The molecule has 1 aliphatic carbocycles. The Labute approximate surface area is 106 Å². The van der Waals surface area contributed by atoms with Crippen molar-refractivity contribution in [1.82, 2.24) is 10.1 Å². The zero-order valence-electron chi connectivity index (χ0n) is 10.3. The fraction of sp³-hybridized carbons (Fsp3) is 0.429. The fourth-order valence-electron chi connectivity index (χ4n) is 2.32. The maximum atomic E-state index is 6.17. The van der Waals surface area contributed by atoms with Gasteiger partial charge in [0, 0.05) is 18.4 Å². The smallest absolute Gasteiger partial charge is 0.228 e. The number of benzene rings is 1. The topological polar surface area (TPSA) is 64.9 Å². The molecule has 1 aromatic heterocycles. The van der Waals surface area contributed by atoms with Crippen molar-refractivity contribution in [1.29, 1.82) is 0 Å². The summed E-state index contributed by atoms with van der Waals surface area (Å²) in [6.07, 6.45) is 4.74. The molecular formula is C14H17N3O. The average Bonchev–Trinajstić information content (AvgIpc) is 2.76. The third-order valence-electron chi connectivity index (χ3n) is 3.57. The molecule has 94 valence electrons. The van der Waals surface area contributed by atoms with Gasteiger partial charge in [-0.25, -0.2) is 0 Å². The van der Waals surface area contributed by atoms with E-state index in [1.165, 1.54) is 12.0 Å². The zero-order chi connectivity index (χ0) is 12.4. The Balaban J connectivity index is 1.66. The molecule has 1 heterocycles. The molecule has 0 spiro atoms. The second-order valence-electron chi connectivity index (χ2n) is 5.16. The van der Waals surface area contributed by atoms with Crippen LogP contribution in [0.5, 0.6) is 0 Å². The number of hydrogen-bond acceptors (Lipinski definition) is 4. The molecule has 0 bridgehead atoms. The summed E-state index contributed by atoms with van der Waals surface area (Å²) >= 11 is 0. The van der Waals surface area contributed by atoms with Crippen LogP contribution in [0.15, 0.2) is 34.9 Å². The molecule has 1 aromatic carbocycles. The van der Waals surface area contributed by atoms with Gasteiger partial charge >= 0.3 is 0 Å². The van der Waals surface area contributed by atoms with Crippen LogP contribution in [-0.2, 0) is 12.8 Å². The van der Waals surface area contributed by atoms with E-state index in [9.17, 15) is 0 Å². The minimum Gasteiger partial charge on any atom is -0.339 e. The summed E-state index contributed by atoms with van der Waals surface area (Å²) in [6.45, 7) is 0. The van der Waals surface area contributed by atoms with Gasteiger partial charge in [0.1, 0.15) is 0 Å². The van der Waals surface area contributed by atoms with Crippen LogP contribution in [0.2, 0.25) is 0 Å². The first kappa shape index (κ1) is 11.4. The van der Waals surface area contributed by atoms with Crippen LogP contribution in [-0.4, -0.2) is 15.7 Å². The summed E-state index contributed by atoms with van der Waals surface area (Å²) in [5.74, 6) is 1.40. The minimum absolute atomic E-state index is 0.101. The summed E-state index contributed by atoms with van der Waals surface area (Å²) in [7, 11) is 0. The monoisotopic (exact) mass is 243 g/mol. The van der Waals surface area contributed by atoms with Crippen molar-refractivity contribution in [3.8, 4) is 0 Å². The molecule has 1 saturated carbocycles. The quantitative estimate of drug-likeness (QED) is 0.893. The first-order chi connectivity index (χ1) is 8.73. The van der Waals surface area contributed by atoms with Crippen LogP contribution >= 0.6 is 0 Å². The first-order valence-electron chi connectivity index (χ1n) is 6.38. The molecule has 0 aliphatic heterocycles. The Morgan fingerprint density at radius 1 is 1.22 bits per heavy atom. The maximum absolute atomic E-state index is 6.17. The SMILES string of the molecule is NC1(Cc2nc(Cc3ccccc3)no2)CCC1. The van der Waals surface area contributed by atoms with Crippen molar-refractivity contribution in [3.63, 3.8) is 0 Å². The van der Waals surface area contributed by atoms with Gasteiger partial charge in [0.2, 0.25) is 5.89 Å². The highest BCUT2D eigenvalue weighted by Gasteiger charge is 2.34. The van der Waals surface area contributed by atoms with Crippen LogP contribution in [0.4, 0.5) is 0 Å². The summed E-state index contributed by atoms with van der Waals surface area (Å²) in [5.41, 5.74) is 7.26. The highest BCUT2D eigenvalue weighted by molar-refractivity contribution is 5.18. The van der Waals surface area contributed by atoms with E-state index < -0.39 is 0 Å². The Morgan fingerprint density at radius 3 is 2.67 bits per heavy atom. The molecule has 4 nitrogen and oxygen atoms in total. The van der Waals surface area contributed by atoms with Crippen molar-refractivity contribution < 1.29 is 4.52 Å². The Morgan fingerprint density at radius 2 is 2.00 bits per heavy atom. The molecule has 2 N–H and O–H groups in total. The largest absolute Gasteiger partial charge is 0.339 e. The van der Waals surface area contributed by atoms with Crippen molar-refractivity contribution in [2.24, 2.45) is 5.73 Å². The lowest BCUT2D eigenvalue weighted by atomic mass is 9.75. The van der Waals surface area contributed by atoms with E-state index in [-0.39, 0.29) is 5.54 Å². The van der Waals surface area contributed by atoms with E-state index in [1.807, 2.05) is 18.2 Å². The highest BCUT2D eigenvalue weighted by atomic mass is 16.5. The van der Waals surface area contributed by atoms with Crippen molar-refractivity contribution in [2.45, 2.75) is 37.6 Å². The molecule has 1 aliphatic rings. The van der Waals surface area contributed by atoms with Gasteiger partial charge in [-0.15, -0.1) is 0 Å². The Kier molecular flexibility index (Phi) is 2.88. The number of rotatable bonds is 4. The molecule has 2 aromatic rings. The lowest BCUT2D eigenvalue weighted by Crippen LogP contribution is -2.48. The van der Waals surface area contributed by atoms with Gasteiger partial charge < -0.3 is 10.3 Å². The van der Waals surface area contributed by atoms with Crippen LogP contribution in [0.1, 0.15) is 36.5 Å². The van der Waals surface area contributed by atoms with Gasteiger partial charge in [-0.1, -0.05) is 35.5 Å². The summed E-state index contributed by atoms with van der Waals surface area (Å²) in [6, 6.07) is 10.2. The van der Waals surface area contributed by atoms with E-state index in [0.717, 1.165) is 18.7 Å². The van der Waals surface area contributed by atoms with E-state index in [2.05, 4.69) is 22.3 Å². The lowest BCUT2D eigenvalue weighted by molar-refractivity contribution is 0.221. The van der Waals surface area contributed by atoms with Crippen molar-refractivity contribution >= 4 is 0 Å². The molecule has 0 amide bonds. The summed E-state index contributed by atoms with van der Waals surface area (Å²) < 4.78 is 5.27. The minimum atomic E-state index is -0.101. The van der Waals surface area contributed by atoms with Gasteiger partial charge in [-0.3, -0.25) is 0 Å². The third-order valence-corrected chi connectivity index (χ3v) is 3.57. The standard InChI is InChI=1S/C14H17N3O/c15-14(7-4-8-14)10-13-16-12(17-18-13)9-11-5-2-1-3-6-11/h1-3,5-6H,4,7-10,15H2. The van der Waals surface area contributed by atoms with Crippen LogP contribution in [0.3, 0.4) is 0 Å². The predicted molar refractivity (Wildman–Crippen MR) is 68.0 cm³/mol. The molecule has 0 atom stereocenters. The van der Waals surface area contributed by atoms with Gasteiger partial charge in [0.05, 0.1) is 0 Å². The predicted octanol–water partition coefficient (Wildman–Crippen LogP) is 2.08. The van der Waals surface area contributed by atoms with E-state index in [4.69, 9.17) is 10.3 Å². The molecule has 1 fully saturated rings. The molecule has 0 unspecified atom stereocenters. The molecule has 3 rings (SSSR count). The molecule has 18 heavy (non-hydrogen) atoms. The summed E-state index contributed by atoms with van der Waals surface area (Å²) in [5, 5.41) is 4.01. The van der Waals surface area contributed by atoms with E-state index in [1.54, 1.807) is 0 Å². The second kappa shape index (κ2) is 4.53. The number of nitrogens with two attached hydrogens (primary N) is 1. The molecule has 0 saturated heterocycles. The zero-order valence-corrected chi connectivity index (χ0v) is 10.3. The fourth-order valence-corrected chi connectivity index (χ4v) is 2.32. The Bertz CT molecular complexity index is 517. The Hall–Kier alpha value is -1.68. The van der Waals surface area contributed by atoms with Gasteiger partial charge in [-0.2, -0.15) is 4.98 Å². The summed E-state index contributed by atoms with van der Waals surface area (Å²) in [4.78, 5) is 4.41. The van der Waals surface area contributed by atoms with Crippen molar-refractivity contribution in [2.75, 3.05) is 0 Å². The first-order valence-corrected chi connectivity index (χ1v) is 6.38. The molecule has 4 heteroatoms. The molecule has 0 radical (unpaired) electrons.